The summed E-state index contributed by atoms with van der Waals surface area (Å²) in [7, 11) is 1.65. The number of hydrogen-bond acceptors (Lipinski definition) is 3. The van der Waals surface area contributed by atoms with Crippen molar-refractivity contribution in [3.05, 3.63) is 59.7 Å². The van der Waals surface area contributed by atoms with Gasteiger partial charge in [-0.05, 0) is 24.3 Å². The second-order valence-corrected chi connectivity index (χ2v) is 4.13. The monoisotopic (exact) mass is 267 g/mol. The number of hydrogen-bond donors (Lipinski definition) is 1. The summed E-state index contributed by atoms with van der Waals surface area (Å²) in [4.78, 5) is 0. The van der Waals surface area contributed by atoms with E-state index in [4.69, 9.17) is 15.2 Å². The van der Waals surface area contributed by atoms with Crippen LogP contribution < -0.4 is 15.2 Å². The summed E-state index contributed by atoms with van der Waals surface area (Å²) in [5.74, 6) is 7.41. The number of nitrogens with two attached hydrogens (primary N) is 1. The van der Waals surface area contributed by atoms with Crippen molar-refractivity contribution in [3.63, 3.8) is 0 Å². The molecule has 0 fully saturated rings. The van der Waals surface area contributed by atoms with Crippen LogP contribution in [0.1, 0.15) is 11.1 Å². The minimum Gasteiger partial charge on any atom is -0.496 e. The number of ether oxygens (including phenoxy) is 2. The summed E-state index contributed by atoms with van der Waals surface area (Å²) < 4.78 is 11.1. The Morgan fingerprint density at radius 2 is 1.95 bits per heavy atom. The topological polar surface area (TPSA) is 44.5 Å². The molecule has 0 aliphatic heterocycles. The minimum atomic E-state index is 0.353. The lowest BCUT2D eigenvalue weighted by Gasteiger charge is -2.10. The second kappa shape index (κ2) is 7.22. The molecule has 2 N–H and O–H groups in total. The van der Waals surface area contributed by atoms with Gasteiger partial charge in [0.2, 0.25) is 0 Å². The Morgan fingerprint density at radius 1 is 1.10 bits per heavy atom. The van der Waals surface area contributed by atoms with E-state index in [-0.39, 0.29) is 0 Å². The van der Waals surface area contributed by atoms with Crippen molar-refractivity contribution >= 4 is 0 Å². The lowest BCUT2D eigenvalue weighted by molar-refractivity contribution is 0.296. The molecule has 20 heavy (non-hydrogen) atoms. The van der Waals surface area contributed by atoms with Crippen LogP contribution in [0.4, 0.5) is 0 Å². The van der Waals surface area contributed by atoms with Gasteiger partial charge in [-0.2, -0.15) is 0 Å². The highest BCUT2D eigenvalue weighted by Crippen LogP contribution is 2.20. The Balaban J connectivity index is 2.07. The molecule has 0 aromatic heterocycles. The van der Waals surface area contributed by atoms with Crippen molar-refractivity contribution < 1.29 is 9.47 Å². The predicted octanol–water partition coefficient (Wildman–Crippen LogP) is 2.58. The fraction of sp³-hybridized carbons (Fsp3) is 0.176. The Morgan fingerprint density at radius 3 is 2.75 bits per heavy atom. The molecule has 0 saturated heterocycles. The first-order valence-electron chi connectivity index (χ1n) is 6.37. The van der Waals surface area contributed by atoms with Gasteiger partial charge >= 0.3 is 0 Å². The predicted molar refractivity (Wildman–Crippen MR) is 79.7 cm³/mol. The zero-order chi connectivity index (χ0) is 14.2. The average molecular weight is 267 g/mol. The Hall–Kier alpha value is -2.44. The number of rotatable bonds is 4. The zero-order valence-electron chi connectivity index (χ0n) is 11.4. The molecule has 3 heteroatoms. The molecule has 0 atom stereocenters. The van der Waals surface area contributed by atoms with Gasteiger partial charge in [0, 0.05) is 11.1 Å². The van der Waals surface area contributed by atoms with Crippen molar-refractivity contribution in [2.24, 2.45) is 5.73 Å². The molecular weight excluding hydrogens is 250 g/mol. The Labute approximate surface area is 119 Å². The summed E-state index contributed by atoms with van der Waals surface area (Å²) >= 11 is 0. The Bertz CT molecular complexity index is 626. The lowest BCUT2D eigenvalue weighted by atomic mass is 10.2. The molecular formula is C17H17NO2. The molecule has 0 aliphatic rings. The standard InChI is InChI=1S/C17H17NO2/c1-19-17-10-3-2-8-15(17)13-20-16-9-4-6-14(12-16)7-5-11-18/h2-4,6,8-10,12H,11,13,18H2,1H3. The van der Waals surface area contributed by atoms with Crippen molar-refractivity contribution in [1.29, 1.82) is 0 Å². The minimum absolute atomic E-state index is 0.353. The summed E-state index contributed by atoms with van der Waals surface area (Å²) in [5.41, 5.74) is 7.27. The summed E-state index contributed by atoms with van der Waals surface area (Å²) in [6.07, 6.45) is 0. The highest BCUT2D eigenvalue weighted by atomic mass is 16.5. The smallest absolute Gasteiger partial charge is 0.125 e. The van der Waals surface area contributed by atoms with Gasteiger partial charge in [-0.3, -0.25) is 0 Å². The normalized spacial score (nSPS) is 9.50. The van der Waals surface area contributed by atoms with Crippen LogP contribution >= 0.6 is 0 Å². The molecule has 3 nitrogen and oxygen atoms in total. The van der Waals surface area contributed by atoms with Crippen LogP contribution in [0.3, 0.4) is 0 Å². The first kappa shape index (κ1) is 14.0. The fourth-order valence-corrected chi connectivity index (χ4v) is 1.80. The summed E-state index contributed by atoms with van der Waals surface area (Å²) in [6, 6.07) is 15.5. The van der Waals surface area contributed by atoms with Gasteiger partial charge in [0.25, 0.3) is 0 Å². The van der Waals surface area contributed by atoms with E-state index in [9.17, 15) is 0 Å². The van der Waals surface area contributed by atoms with E-state index in [0.29, 0.717) is 13.2 Å². The first-order valence-corrected chi connectivity index (χ1v) is 6.37. The second-order valence-electron chi connectivity index (χ2n) is 4.13. The molecule has 2 aromatic carbocycles. The van der Waals surface area contributed by atoms with Gasteiger partial charge in [0.15, 0.2) is 0 Å². The van der Waals surface area contributed by atoms with Crippen LogP contribution in [0.25, 0.3) is 0 Å². The molecule has 0 bridgehead atoms. The molecule has 0 aliphatic carbocycles. The molecule has 0 heterocycles. The number of para-hydroxylation sites is 1. The van der Waals surface area contributed by atoms with Crippen molar-refractivity contribution in [2.75, 3.05) is 13.7 Å². The quantitative estimate of drug-likeness (QED) is 0.866. The molecule has 0 spiro atoms. The summed E-state index contributed by atoms with van der Waals surface area (Å²) in [6.45, 7) is 0.810. The molecule has 0 unspecified atom stereocenters. The maximum atomic E-state index is 5.78. The maximum absolute atomic E-state index is 5.78. The van der Waals surface area contributed by atoms with Gasteiger partial charge in [-0.15, -0.1) is 0 Å². The lowest BCUT2D eigenvalue weighted by Crippen LogP contribution is -1.98. The van der Waals surface area contributed by atoms with Crippen LogP contribution in [0, 0.1) is 11.8 Å². The van der Waals surface area contributed by atoms with E-state index in [2.05, 4.69) is 11.8 Å². The SMILES string of the molecule is COc1ccccc1COc1cccc(C#CCN)c1. The third-order valence-corrected chi connectivity index (χ3v) is 2.76. The third-order valence-electron chi connectivity index (χ3n) is 2.76. The number of methoxy groups -OCH3 is 1. The largest absolute Gasteiger partial charge is 0.496 e. The molecule has 2 rings (SSSR count). The van der Waals surface area contributed by atoms with E-state index in [1.165, 1.54) is 0 Å². The van der Waals surface area contributed by atoms with Crippen LogP contribution in [-0.4, -0.2) is 13.7 Å². The van der Waals surface area contributed by atoms with Gasteiger partial charge in [-0.1, -0.05) is 36.1 Å². The van der Waals surface area contributed by atoms with Gasteiger partial charge in [-0.25, -0.2) is 0 Å². The van der Waals surface area contributed by atoms with Gasteiger partial charge in [0.05, 0.1) is 13.7 Å². The van der Waals surface area contributed by atoms with Crippen molar-refractivity contribution in [1.82, 2.24) is 0 Å². The van der Waals surface area contributed by atoms with Crippen molar-refractivity contribution in [2.45, 2.75) is 6.61 Å². The number of benzene rings is 2. The van der Waals surface area contributed by atoms with Crippen LogP contribution in [0.15, 0.2) is 48.5 Å². The molecule has 102 valence electrons. The molecule has 0 amide bonds. The van der Waals surface area contributed by atoms with Crippen LogP contribution in [-0.2, 0) is 6.61 Å². The summed E-state index contributed by atoms with van der Waals surface area (Å²) in [5, 5.41) is 0. The molecule has 2 aromatic rings. The van der Waals surface area contributed by atoms with E-state index in [1.807, 2.05) is 48.5 Å². The van der Waals surface area contributed by atoms with Crippen molar-refractivity contribution in [3.8, 4) is 23.3 Å². The average Bonchev–Trinajstić information content (AvgIpc) is 2.51. The van der Waals surface area contributed by atoms with E-state index in [1.54, 1.807) is 7.11 Å². The maximum Gasteiger partial charge on any atom is 0.125 e. The zero-order valence-corrected chi connectivity index (χ0v) is 11.4. The van der Waals surface area contributed by atoms with E-state index in [0.717, 1.165) is 22.6 Å². The van der Waals surface area contributed by atoms with Crippen LogP contribution in [0.2, 0.25) is 0 Å². The third kappa shape index (κ3) is 3.78. The highest BCUT2D eigenvalue weighted by Gasteiger charge is 2.02. The molecule has 0 saturated carbocycles. The van der Waals surface area contributed by atoms with E-state index >= 15 is 0 Å². The van der Waals surface area contributed by atoms with Gasteiger partial charge in [0.1, 0.15) is 18.1 Å². The first-order chi connectivity index (χ1) is 9.83. The fourth-order valence-electron chi connectivity index (χ4n) is 1.80. The molecule has 0 radical (unpaired) electrons. The van der Waals surface area contributed by atoms with Gasteiger partial charge < -0.3 is 15.2 Å². The Kier molecular flexibility index (Phi) is 5.05. The van der Waals surface area contributed by atoms with Crippen LogP contribution in [0.5, 0.6) is 11.5 Å². The highest BCUT2D eigenvalue weighted by molar-refractivity contribution is 5.40. The van der Waals surface area contributed by atoms with E-state index < -0.39 is 0 Å².